The van der Waals surface area contributed by atoms with Gasteiger partial charge in [-0.05, 0) is 18.8 Å². The lowest BCUT2D eigenvalue weighted by molar-refractivity contribution is -0.150. The Kier molecular flexibility index (Phi) is 3.89. The average molecular weight is 186 g/mol. The van der Waals surface area contributed by atoms with Crippen LogP contribution >= 0.6 is 0 Å². The van der Waals surface area contributed by atoms with Gasteiger partial charge in [0.2, 0.25) is 0 Å². The Bertz CT molecular complexity index is 184. The van der Waals surface area contributed by atoms with Gasteiger partial charge in [0, 0.05) is 13.2 Å². The lowest BCUT2D eigenvalue weighted by Gasteiger charge is -2.24. The summed E-state index contributed by atoms with van der Waals surface area (Å²) in [5, 5.41) is 0. The van der Waals surface area contributed by atoms with Crippen molar-refractivity contribution in [2.75, 3.05) is 20.3 Å². The molecule has 4 nitrogen and oxygen atoms in total. The maximum atomic E-state index is 11.1. The van der Waals surface area contributed by atoms with Gasteiger partial charge in [0.1, 0.15) is 12.2 Å². The molecule has 0 aliphatic carbocycles. The smallest absolute Gasteiger partial charge is 0.316 e. The summed E-state index contributed by atoms with van der Waals surface area (Å²) in [5.41, 5.74) is 0. The highest BCUT2D eigenvalue weighted by Gasteiger charge is 2.30. The molecule has 1 unspecified atom stereocenters. The monoisotopic (exact) mass is 186 g/mol. The third-order valence-corrected chi connectivity index (χ3v) is 2.39. The molecule has 74 valence electrons. The van der Waals surface area contributed by atoms with E-state index >= 15 is 0 Å². The summed E-state index contributed by atoms with van der Waals surface area (Å²) in [7, 11) is 1.30. The predicted molar refractivity (Wildman–Crippen MR) is 45.1 cm³/mol. The van der Waals surface area contributed by atoms with Crippen LogP contribution in [0.5, 0.6) is 0 Å². The number of hydrogen-bond donors (Lipinski definition) is 0. The second-order valence-corrected chi connectivity index (χ2v) is 3.13. The first kappa shape index (κ1) is 10.2. The van der Waals surface area contributed by atoms with Gasteiger partial charge in [0.25, 0.3) is 0 Å². The van der Waals surface area contributed by atoms with E-state index in [0.29, 0.717) is 19.5 Å². The zero-order chi connectivity index (χ0) is 9.68. The number of hydrogen-bond acceptors (Lipinski definition) is 4. The van der Waals surface area contributed by atoms with E-state index in [2.05, 4.69) is 4.74 Å². The van der Waals surface area contributed by atoms with Crippen LogP contribution in [0.15, 0.2) is 0 Å². The number of carbonyl (C=O) groups excluding carboxylic acids is 2. The maximum absolute atomic E-state index is 11.1. The molecule has 1 atom stereocenters. The lowest BCUT2D eigenvalue weighted by Crippen LogP contribution is -2.30. The standard InChI is InChI=1S/C9H14O4/c1-12-9(11)8(6-10)7-2-4-13-5-3-7/h6-8H,2-5H2,1H3. The van der Waals surface area contributed by atoms with Crippen LogP contribution < -0.4 is 0 Å². The van der Waals surface area contributed by atoms with E-state index in [4.69, 9.17) is 4.74 Å². The van der Waals surface area contributed by atoms with Crippen molar-refractivity contribution in [2.24, 2.45) is 11.8 Å². The van der Waals surface area contributed by atoms with Gasteiger partial charge in [-0.3, -0.25) is 4.79 Å². The summed E-state index contributed by atoms with van der Waals surface area (Å²) in [5.74, 6) is -0.936. The summed E-state index contributed by atoms with van der Waals surface area (Å²) >= 11 is 0. The van der Waals surface area contributed by atoms with Gasteiger partial charge in [0.15, 0.2) is 0 Å². The minimum absolute atomic E-state index is 0.0960. The largest absolute Gasteiger partial charge is 0.468 e. The molecular formula is C9H14O4. The Morgan fingerprint density at radius 1 is 1.54 bits per heavy atom. The molecule has 0 aromatic heterocycles. The third kappa shape index (κ3) is 2.52. The predicted octanol–water partition coefficient (Wildman–Crippen LogP) is 0.401. The molecule has 1 aliphatic rings. The zero-order valence-corrected chi connectivity index (χ0v) is 7.69. The molecule has 0 N–H and O–H groups in total. The van der Waals surface area contributed by atoms with Crippen molar-refractivity contribution in [2.45, 2.75) is 12.8 Å². The van der Waals surface area contributed by atoms with Gasteiger partial charge in [-0.1, -0.05) is 0 Å². The highest BCUT2D eigenvalue weighted by molar-refractivity contribution is 5.88. The molecule has 0 radical (unpaired) electrons. The van der Waals surface area contributed by atoms with Crippen LogP contribution in [0.2, 0.25) is 0 Å². The molecule has 1 saturated heterocycles. The van der Waals surface area contributed by atoms with Crippen LogP contribution in [-0.2, 0) is 19.1 Å². The van der Waals surface area contributed by atoms with Crippen molar-refractivity contribution in [1.29, 1.82) is 0 Å². The molecule has 0 spiro atoms. The Balaban J connectivity index is 2.53. The topological polar surface area (TPSA) is 52.6 Å². The molecular weight excluding hydrogens is 172 g/mol. The maximum Gasteiger partial charge on any atom is 0.316 e. The first-order valence-corrected chi connectivity index (χ1v) is 4.40. The van der Waals surface area contributed by atoms with Crippen LogP contribution in [0.3, 0.4) is 0 Å². The molecule has 1 aliphatic heterocycles. The Labute approximate surface area is 77.2 Å². The van der Waals surface area contributed by atoms with Crippen molar-refractivity contribution in [3.05, 3.63) is 0 Å². The fourth-order valence-corrected chi connectivity index (χ4v) is 1.57. The van der Waals surface area contributed by atoms with Crippen molar-refractivity contribution in [3.8, 4) is 0 Å². The number of rotatable bonds is 3. The molecule has 0 amide bonds. The first-order valence-electron chi connectivity index (χ1n) is 4.40. The highest BCUT2D eigenvalue weighted by atomic mass is 16.5. The van der Waals surface area contributed by atoms with E-state index in [1.54, 1.807) is 0 Å². The number of carbonyl (C=O) groups is 2. The van der Waals surface area contributed by atoms with Crippen molar-refractivity contribution < 1.29 is 19.1 Å². The van der Waals surface area contributed by atoms with Gasteiger partial charge in [-0.25, -0.2) is 0 Å². The minimum atomic E-state index is -0.603. The third-order valence-electron chi connectivity index (χ3n) is 2.39. The number of esters is 1. The molecule has 13 heavy (non-hydrogen) atoms. The van der Waals surface area contributed by atoms with E-state index in [-0.39, 0.29) is 5.92 Å². The van der Waals surface area contributed by atoms with Gasteiger partial charge in [-0.2, -0.15) is 0 Å². The number of methoxy groups -OCH3 is 1. The summed E-state index contributed by atoms with van der Waals surface area (Å²) in [6, 6.07) is 0. The highest BCUT2D eigenvalue weighted by Crippen LogP contribution is 2.23. The second kappa shape index (κ2) is 4.97. The zero-order valence-electron chi connectivity index (χ0n) is 7.69. The van der Waals surface area contributed by atoms with Gasteiger partial charge in [0.05, 0.1) is 7.11 Å². The molecule has 1 heterocycles. The van der Waals surface area contributed by atoms with E-state index in [1.165, 1.54) is 7.11 Å². The number of aldehydes is 1. The Morgan fingerprint density at radius 2 is 2.15 bits per heavy atom. The van der Waals surface area contributed by atoms with E-state index in [1.807, 2.05) is 0 Å². The number of ether oxygens (including phenoxy) is 2. The van der Waals surface area contributed by atoms with Crippen LogP contribution in [0.4, 0.5) is 0 Å². The summed E-state index contributed by atoms with van der Waals surface area (Å²) in [4.78, 5) is 21.8. The normalized spacial score (nSPS) is 20.7. The Hall–Kier alpha value is -0.900. The van der Waals surface area contributed by atoms with E-state index in [9.17, 15) is 9.59 Å². The van der Waals surface area contributed by atoms with Gasteiger partial charge >= 0.3 is 5.97 Å². The van der Waals surface area contributed by atoms with Crippen molar-refractivity contribution in [3.63, 3.8) is 0 Å². The molecule has 0 bridgehead atoms. The van der Waals surface area contributed by atoms with Gasteiger partial charge in [-0.15, -0.1) is 0 Å². The Morgan fingerprint density at radius 3 is 2.62 bits per heavy atom. The first-order chi connectivity index (χ1) is 6.29. The minimum Gasteiger partial charge on any atom is -0.468 e. The average Bonchev–Trinajstić information content (AvgIpc) is 2.20. The summed E-state index contributed by atoms with van der Waals surface area (Å²) in [6.45, 7) is 1.26. The molecule has 0 aromatic carbocycles. The summed E-state index contributed by atoms with van der Waals surface area (Å²) < 4.78 is 9.69. The molecule has 1 rings (SSSR count). The van der Waals surface area contributed by atoms with Crippen LogP contribution in [-0.4, -0.2) is 32.6 Å². The van der Waals surface area contributed by atoms with Crippen LogP contribution in [0, 0.1) is 11.8 Å². The molecule has 4 heteroatoms. The van der Waals surface area contributed by atoms with Crippen molar-refractivity contribution >= 4 is 12.3 Å². The summed E-state index contributed by atoms with van der Waals surface area (Å²) in [6.07, 6.45) is 2.21. The molecule has 0 saturated carbocycles. The lowest BCUT2D eigenvalue weighted by atomic mass is 9.87. The van der Waals surface area contributed by atoms with Crippen molar-refractivity contribution in [1.82, 2.24) is 0 Å². The molecule has 0 aromatic rings. The fourth-order valence-electron chi connectivity index (χ4n) is 1.57. The fraction of sp³-hybridized carbons (Fsp3) is 0.778. The second-order valence-electron chi connectivity index (χ2n) is 3.13. The van der Waals surface area contributed by atoms with Crippen LogP contribution in [0.25, 0.3) is 0 Å². The van der Waals surface area contributed by atoms with Gasteiger partial charge < -0.3 is 14.3 Å². The van der Waals surface area contributed by atoms with E-state index < -0.39 is 11.9 Å². The SMILES string of the molecule is COC(=O)C(C=O)C1CCOCC1. The van der Waals surface area contributed by atoms with E-state index in [0.717, 1.165) is 12.8 Å². The molecule has 1 fully saturated rings. The quantitative estimate of drug-likeness (QED) is 0.364. The van der Waals surface area contributed by atoms with Crippen LogP contribution in [0.1, 0.15) is 12.8 Å².